The molecule has 0 bridgehead atoms. The molecule has 2 aromatic rings. The molecular weight excluding hydrogens is 404 g/mol. The van der Waals surface area contributed by atoms with Crippen LogP contribution in [-0.4, -0.2) is 38.6 Å². The molecule has 0 radical (unpaired) electrons. The van der Waals surface area contributed by atoms with Crippen LogP contribution < -0.4 is 10.1 Å². The molecule has 29 heavy (non-hydrogen) atoms. The van der Waals surface area contributed by atoms with Crippen molar-refractivity contribution in [3.8, 4) is 5.75 Å². The van der Waals surface area contributed by atoms with E-state index in [-0.39, 0.29) is 5.91 Å². The van der Waals surface area contributed by atoms with Gasteiger partial charge in [0.25, 0.3) is 5.91 Å². The molecule has 6 heteroatoms. The van der Waals surface area contributed by atoms with E-state index in [2.05, 4.69) is 54.6 Å². The minimum absolute atomic E-state index is 0.101. The van der Waals surface area contributed by atoms with E-state index in [4.69, 9.17) is 16.3 Å². The highest BCUT2D eigenvalue weighted by molar-refractivity contribution is 7.15. The summed E-state index contributed by atoms with van der Waals surface area (Å²) >= 11 is 7.38. The number of nitrogens with one attached hydrogen (secondary N) is 1. The van der Waals surface area contributed by atoms with E-state index in [1.165, 1.54) is 42.6 Å². The number of methoxy groups -OCH3 is 1. The van der Waals surface area contributed by atoms with Crippen LogP contribution in [0.3, 0.4) is 0 Å². The number of halogens is 1. The molecule has 4 nitrogen and oxygen atoms in total. The highest BCUT2D eigenvalue weighted by Crippen LogP contribution is 2.40. The lowest BCUT2D eigenvalue weighted by molar-refractivity contribution is 0.0944. The van der Waals surface area contributed by atoms with Gasteiger partial charge in [0.2, 0.25) is 0 Å². The lowest BCUT2D eigenvalue weighted by Crippen LogP contribution is -2.31. The molecule has 1 unspecified atom stereocenters. The van der Waals surface area contributed by atoms with Gasteiger partial charge in [-0.15, -0.1) is 11.3 Å². The van der Waals surface area contributed by atoms with Crippen LogP contribution in [0.1, 0.15) is 54.1 Å². The summed E-state index contributed by atoms with van der Waals surface area (Å²) in [5, 5.41) is 4.79. The van der Waals surface area contributed by atoms with Crippen molar-refractivity contribution in [1.82, 2.24) is 10.2 Å². The summed E-state index contributed by atoms with van der Waals surface area (Å²) in [4.78, 5) is 14.8. The van der Waals surface area contributed by atoms with Gasteiger partial charge in [0.05, 0.1) is 12.7 Å². The van der Waals surface area contributed by atoms with Crippen molar-refractivity contribution in [2.75, 3.05) is 27.7 Å². The van der Waals surface area contributed by atoms with Crippen LogP contribution in [0.5, 0.6) is 5.75 Å². The summed E-state index contributed by atoms with van der Waals surface area (Å²) in [6, 6.07) is 11.3. The first-order valence-electron chi connectivity index (χ1n) is 10.3. The van der Waals surface area contributed by atoms with Crippen molar-refractivity contribution in [3.63, 3.8) is 0 Å². The third-order valence-corrected chi connectivity index (χ3v) is 7.21. The predicted molar refractivity (Wildman–Crippen MR) is 121 cm³/mol. The first-order chi connectivity index (χ1) is 14.0. The van der Waals surface area contributed by atoms with Crippen molar-refractivity contribution >= 4 is 28.8 Å². The molecule has 1 heterocycles. The van der Waals surface area contributed by atoms with Crippen molar-refractivity contribution in [2.24, 2.45) is 11.8 Å². The number of amides is 1. The van der Waals surface area contributed by atoms with Crippen molar-refractivity contribution < 1.29 is 9.53 Å². The number of carbonyl (C=O) groups is 1. The number of benzene rings is 1. The molecule has 1 N–H and O–H groups in total. The van der Waals surface area contributed by atoms with Crippen LogP contribution in [0.15, 0.2) is 35.7 Å². The smallest absolute Gasteiger partial charge is 0.255 e. The van der Waals surface area contributed by atoms with Gasteiger partial charge in [-0.1, -0.05) is 54.8 Å². The topological polar surface area (TPSA) is 41.6 Å². The number of nitrogens with zero attached hydrogens (tertiary/aromatic N) is 1. The molecule has 1 saturated carbocycles. The fourth-order valence-corrected chi connectivity index (χ4v) is 5.64. The number of rotatable bonds is 8. The zero-order chi connectivity index (χ0) is 20.8. The molecule has 1 amide bonds. The van der Waals surface area contributed by atoms with Crippen LogP contribution in [0.4, 0.5) is 0 Å². The van der Waals surface area contributed by atoms with E-state index < -0.39 is 0 Å². The molecule has 3 rings (SSSR count). The van der Waals surface area contributed by atoms with Crippen molar-refractivity contribution in [3.05, 3.63) is 51.2 Å². The Bertz CT molecular complexity index is 785. The van der Waals surface area contributed by atoms with Gasteiger partial charge >= 0.3 is 0 Å². The van der Waals surface area contributed by atoms with Gasteiger partial charge in [-0.25, -0.2) is 0 Å². The first kappa shape index (κ1) is 22.1. The average Bonchev–Trinajstić information content (AvgIpc) is 3.10. The normalized spacial score (nSPS) is 20.4. The number of hydrogen-bond donors (Lipinski definition) is 1. The Morgan fingerprint density at radius 3 is 2.55 bits per heavy atom. The molecule has 1 aromatic carbocycles. The van der Waals surface area contributed by atoms with E-state index in [1.807, 2.05) is 0 Å². The van der Waals surface area contributed by atoms with Gasteiger partial charge in [-0.05, 0) is 50.8 Å². The van der Waals surface area contributed by atoms with E-state index in [0.717, 1.165) is 6.42 Å². The van der Waals surface area contributed by atoms with Crippen LogP contribution >= 0.6 is 22.9 Å². The molecular formula is C23H31ClN2O2S. The van der Waals surface area contributed by atoms with E-state index in [9.17, 15) is 4.79 Å². The van der Waals surface area contributed by atoms with Crippen LogP contribution in [0.25, 0.3) is 0 Å². The molecule has 0 spiro atoms. The number of ether oxygens (including phenoxy) is 1. The molecule has 158 valence electrons. The second-order valence-corrected chi connectivity index (χ2v) is 9.58. The Hall–Kier alpha value is -1.56. The summed E-state index contributed by atoms with van der Waals surface area (Å²) in [5.74, 6) is 1.74. The van der Waals surface area contributed by atoms with Gasteiger partial charge < -0.3 is 15.0 Å². The summed E-state index contributed by atoms with van der Waals surface area (Å²) in [6.07, 6.45) is 5.96. The number of hydrogen-bond acceptors (Lipinski definition) is 4. The maximum absolute atomic E-state index is 12.4. The number of thiophene rings is 1. The van der Waals surface area contributed by atoms with Crippen LogP contribution in [-0.2, 0) is 0 Å². The SMILES string of the molecule is COc1c(C(=O)NCCC2CCC(C(c3ccccc3)N(C)C)CC2)csc1Cl. The van der Waals surface area contributed by atoms with Gasteiger partial charge in [0.1, 0.15) is 4.34 Å². The Morgan fingerprint density at radius 2 is 1.93 bits per heavy atom. The average molecular weight is 435 g/mol. The monoisotopic (exact) mass is 434 g/mol. The Morgan fingerprint density at radius 1 is 1.24 bits per heavy atom. The minimum Gasteiger partial charge on any atom is -0.493 e. The molecule has 1 aromatic heterocycles. The summed E-state index contributed by atoms with van der Waals surface area (Å²) in [6.45, 7) is 0.695. The third-order valence-electron chi connectivity index (χ3n) is 6.03. The van der Waals surface area contributed by atoms with E-state index in [1.54, 1.807) is 12.5 Å². The van der Waals surface area contributed by atoms with Gasteiger partial charge in [0.15, 0.2) is 5.75 Å². The summed E-state index contributed by atoms with van der Waals surface area (Å²) in [7, 11) is 5.91. The summed E-state index contributed by atoms with van der Waals surface area (Å²) < 4.78 is 5.76. The van der Waals surface area contributed by atoms with Crippen LogP contribution in [0, 0.1) is 11.8 Å². The largest absolute Gasteiger partial charge is 0.493 e. The lowest BCUT2D eigenvalue weighted by atomic mass is 9.75. The van der Waals surface area contributed by atoms with Crippen molar-refractivity contribution in [2.45, 2.75) is 38.1 Å². The second-order valence-electron chi connectivity index (χ2n) is 8.10. The molecule has 0 aliphatic heterocycles. The molecule has 0 saturated heterocycles. The van der Waals surface area contributed by atoms with Gasteiger partial charge in [0, 0.05) is 18.0 Å². The van der Waals surface area contributed by atoms with Gasteiger partial charge in [-0.2, -0.15) is 0 Å². The Labute approximate surface area is 183 Å². The van der Waals surface area contributed by atoms with Crippen molar-refractivity contribution in [1.29, 1.82) is 0 Å². The fourth-order valence-electron chi connectivity index (χ4n) is 4.59. The zero-order valence-corrected chi connectivity index (χ0v) is 19.1. The van der Waals surface area contributed by atoms with E-state index in [0.29, 0.717) is 40.1 Å². The molecule has 1 aliphatic carbocycles. The fraction of sp³-hybridized carbons (Fsp3) is 0.522. The maximum atomic E-state index is 12.4. The zero-order valence-electron chi connectivity index (χ0n) is 17.5. The van der Waals surface area contributed by atoms with Crippen LogP contribution in [0.2, 0.25) is 4.34 Å². The minimum atomic E-state index is -0.101. The number of carbonyl (C=O) groups excluding carboxylic acids is 1. The third kappa shape index (κ3) is 5.53. The predicted octanol–water partition coefficient (Wildman–Crippen LogP) is 5.64. The highest BCUT2D eigenvalue weighted by Gasteiger charge is 2.29. The Balaban J connectivity index is 1.47. The molecule has 1 fully saturated rings. The molecule has 1 atom stereocenters. The summed E-state index contributed by atoms with van der Waals surface area (Å²) in [5.41, 5.74) is 1.94. The standard InChI is InChI=1S/C23H31ClN2O2S/c1-26(2)20(17-7-5-4-6-8-17)18-11-9-16(10-12-18)13-14-25-23(27)19-15-29-22(24)21(19)28-3/h4-8,15-16,18,20H,9-14H2,1-3H3,(H,25,27). The first-order valence-corrected chi connectivity index (χ1v) is 11.6. The van der Waals surface area contributed by atoms with E-state index >= 15 is 0 Å². The second kappa shape index (κ2) is 10.5. The van der Waals surface area contributed by atoms with Gasteiger partial charge in [-0.3, -0.25) is 4.79 Å². The lowest BCUT2D eigenvalue weighted by Gasteiger charge is -2.37. The Kier molecular flexibility index (Phi) is 7.99. The highest BCUT2D eigenvalue weighted by atomic mass is 35.5. The maximum Gasteiger partial charge on any atom is 0.255 e. The molecule has 1 aliphatic rings. The quantitative estimate of drug-likeness (QED) is 0.584.